The molecule has 0 spiro atoms. The van der Waals surface area contributed by atoms with Gasteiger partial charge in [-0.2, -0.15) is 0 Å². The number of unbranched alkanes of at least 4 members (excludes halogenated alkanes) is 26. The summed E-state index contributed by atoms with van der Waals surface area (Å²) in [6.45, 7) is 0. The molecule has 0 aliphatic heterocycles. The van der Waals surface area contributed by atoms with Gasteiger partial charge in [-0.3, -0.25) is 4.57 Å². The molecule has 0 saturated carbocycles. The lowest BCUT2D eigenvalue weighted by molar-refractivity contribution is 0.370. The SMILES string of the molecule is O=P(O)(O)CCCCCCCCCCCCCCCCCCCCCCCCCCCCCCl. The van der Waals surface area contributed by atoms with Crippen LogP contribution >= 0.6 is 19.2 Å². The summed E-state index contributed by atoms with van der Waals surface area (Å²) < 4.78 is 10.8. The maximum Gasteiger partial charge on any atom is 0.325 e. The van der Waals surface area contributed by atoms with Gasteiger partial charge in [-0.05, 0) is 12.8 Å². The molecule has 0 atom stereocenters. The van der Waals surface area contributed by atoms with Crippen LogP contribution in [0, 0.1) is 0 Å². The molecule has 5 heteroatoms. The zero-order valence-corrected chi connectivity index (χ0v) is 24.3. The molecule has 0 unspecified atom stereocenters. The summed E-state index contributed by atoms with van der Waals surface area (Å²) in [5, 5.41) is 0. The Morgan fingerprint density at radius 3 is 0.706 bits per heavy atom. The van der Waals surface area contributed by atoms with Gasteiger partial charge in [-0.1, -0.05) is 161 Å². The summed E-state index contributed by atoms with van der Waals surface area (Å²) in [6, 6.07) is 0. The highest BCUT2D eigenvalue weighted by molar-refractivity contribution is 7.51. The minimum Gasteiger partial charge on any atom is -0.324 e. The van der Waals surface area contributed by atoms with Crippen LogP contribution < -0.4 is 0 Å². The molecular formula is C29H60ClO3P. The number of hydrogen-bond acceptors (Lipinski definition) is 1. The standard InChI is InChI=1S/C29H60ClO3P/c30-28-26-24-22-20-18-16-14-12-10-8-6-4-2-1-3-5-7-9-11-13-15-17-19-21-23-25-27-29-34(31,32)33/h1-29H2,(H2,31,32,33). The summed E-state index contributed by atoms with van der Waals surface area (Å²) >= 11 is 5.71. The van der Waals surface area contributed by atoms with Crippen molar-refractivity contribution in [1.82, 2.24) is 0 Å². The molecule has 0 aliphatic rings. The van der Waals surface area contributed by atoms with E-state index in [1.807, 2.05) is 0 Å². The first-order chi connectivity index (χ1) is 16.6. The molecule has 0 fully saturated rings. The number of halogens is 1. The van der Waals surface area contributed by atoms with Crippen LogP contribution in [-0.4, -0.2) is 21.8 Å². The first kappa shape index (κ1) is 34.4. The summed E-state index contributed by atoms with van der Waals surface area (Å²) in [4.78, 5) is 17.6. The second-order valence-electron chi connectivity index (χ2n) is 10.6. The lowest BCUT2D eigenvalue weighted by Gasteiger charge is -2.05. The molecule has 0 aromatic heterocycles. The Bertz CT molecular complexity index is 428. The van der Waals surface area contributed by atoms with E-state index in [0.29, 0.717) is 6.42 Å². The first-order valence-electron chi connectivity index (χ1n) is 15.2. The van der Waals surface area contributed by atoms with Gasteiger partial charge in [-0.25, -0.2) is 0 Å². The minimum atomic E-state index is -3.77. The molecule has 0 heterocycles. The third kappa shape index (κ3) is 32.4. The maximum absolute atomic E-state index is 10.8. The van der Waals surface area contributed by atoms with Crippen molar-refractivity contribution in [2.24, 2.45) is 0 Å². The fourth-order valence-corrected chi connectivity index (χ4v) is 5.66. The summed E-state index contributed by atoms with van der Waals surface area (Å²) in [6.07, 6.45) is 36.2. The molecule has 0 aliphatic carbocycles. The number of alkyl halides is 1. The molecule has 0 saturated heterocycles. The molecular weight excluding hydrogens is 463 g/mol. The van der Waals surface area contributed by atoms with E-state index in [1.54, 1.807) is 0 Å². The lowest BCUT2D eigenvalue weighted by atomic mass is 10.0. The zero-order chi connectivity index (χ0) is 25.0. The van der Waals surface area contributed by atoms with E-state index in [4.69, 9.17) is 21.4 Å². The molecule has 0 amide bonds. The Balaban J connectivity index is 3.03. The molecule has 206 valence electrons. The van der Waals surface area contributed by atoms with Crippen molar-refractivity contribution in [1.29, 1.82) is 0 Å². The minimum absolute atomic E-state index is 0.0596. The van der Waals surface area contributed by atoms with Gasteiger partial charge < -0.3 is 9.79 Å². The third-order valence-electron chi connectivity index (χ3n) is 7.08. The average molecular weight is 523 g/mol. The quantitative estimate of drug-likeness (QED) is 0.0583. The molecule has 0 aromatic rings. The third-order valence-corrected chi connectivity index (χ3v) is 8.25. The van der Waals surface area contributed by atoms with Crippen LogP contribution in [0.4, 0.5) is 0 Å². The van der Waals surface area contributed by atoms with E-state index in [-0.39, 0.29) is 6.16 Å². The topological polar surface area (TPSA) is 57.5 Å². The van der Waals surface area contributed by atoms with Crippen LogP contribution in [0.1, 0.15) is 173 Å². The van der Waals surface area contributed by atoms with Crippen molar-refractivity contribution in [3.8, 4) is 0 Å². The van der Waals surface area contributed by atoms with Crippen molar-refractivity contribution in [3.63, 3.8) is 0 Å². The average Bonchev–Trinajstić information content (AvgIpc) is 2.80. The highest BCUT2D eigenvalue weighted by Crippen LogP contribution is 2.35. The van der Waals surface area contributed by atoms with Gasteiger partial charge in [0, 0.05) is 12.0 Å². The number of rotatable bonds is 29. The fourth-order valence-electron chi connectivity index (χ4n) is 4.83. The van der Waals surface area contributed by atoms with Gasteiger partial charge in [0.25, 0.3) is 0 Å². The predicted octanol–water partition coefficient (Wildman–Crippen LogP) is 10.9. The monoisotopic (exact) mass is 522 g/mol. The zero-order valence-electron chi connectivity index (χ0n) is 22.6. The Hall–Kier alpha value is 0.440. The predicted molar refractivity (Wildman–Crippen MR) is 152 cm³/mol. The summed E-state index contributed by atoms with van der Waals surface area (Å²) in [5.41, 5.74) is 0. The van der Waals surface area contributed by atoms with Crippen LogP contribution in [0.25, 0.3) is 0 Å². The van der Waals surface area contributed by atoms with Crippen LogP contribution in [0.5, 0.6) is 0 Å². The van der Waals surface area contributed by atoms with Crippen LogP contribution in [0.15, 0.2) is 0 Å². The Labute approximate surface area is 218 Å². The largest absolute Gasteiger partial charge is 0.325 e. The highest BCUT2D eigenvalue weighted by Gasteiger charge is 2.10. The fraction of sp³-hybridized carbons (Fsp3) is 1.00. The number of hydrogen-bond donors (Lipinski definition) is 2. The molecule has 2 N–H and O–H groups in total. The molecule has 0 radical (unpaired) electrons. The van der Waals surface area contributed by atoms with Crippen molar-refractivity contribution < 1.29 is 14.4 Å². The van der Waals surface area contributed by atoms with E-state index in [2.05, 4.69) is 0 Å². The second-order valence-corrected chi connectivity index (χ2v) is 12.8. The smallest absolute Gasteiger partial charge is 0.324 e. The van der Waals surface area contributed by atoms with Gasteiger partial charge in [0.05, 0.1) is 0 Å². The van der Waals surface area contributed by atoms with Gasteiger partial charge in [0.15, 0.2) is 0 Å². The Morgan fingerprint density at radius 2 is 0.529 bits per heavy atom. The first-order valence-corrected chi connectivity index (χ1v) is 17.5. The van der Waals surface area contributed by atoms with Crippen LogP contribution in [0.3, 0.4) is 0 Å². The molecule has 0 aromatic carbocycles. The van der Waals surface area contributed by atoms with Gasteiger partial charge in [0.2, 0.25) is 0 Å². The molecule has 0 bridgehead atoms. The van der Waals surface area contributed by atoms with E-state index in [9.17, 15) is 4.57 Å². The van der Waals surface area contributed by atoms with Crippen LogP contribution in [-0.2, 0) is 4.57 Å². The van der Waals surface area contributed by atoms with Crippen LogP contribution in [0.2, 0.25) is 0 Å². The van der Waals surface area contributed by atoms with E-state index >= 15 is 0 Å². The van der Waals surface area contributed by atoms with Gasteiger partial charge in [0.1, 0.15) is 0 Å². The Kier molecular flexibility index (Phi) is 28.4. The van der Waals surface area contributed by atoms with Crippen molar-refractivity contribution in [2.45, 2.75) is 173 Å². The van der Waals surface area contributed by atoms with Crippen molar-refractivity contribution >= 4 is 19.2 Å². The van der Waals surface area contributed by atoms with E-state index < -0.39 is 7.60 Å². The van der Waals surface area contributed by atoms with Crippen molar-refractivity contribution in [3.05, 3.63) is 0 Å². The van der Waals surface area contributed by atoms with E-state index in [1.165, 1.54) is 154 Å². The second kappa shape index (κ2) is 28.0. The highest BCUT2D eigenvalue weighted by atomic mass is 35.5. The Morgan fingerprint density at radius 1 is 0.353 bits per heavy atom. The van der Waals surface area contributed by atoms with E-state index in [0.717, 1.165) is 18.7 Å². The maximum atomic E-state index is 10.8. The summed E-state index contributed by atoms with van der Waals surface area (Å²) in [7, 11) is -3.77. The molecule has 0 rings (SSSR count). The normalized spacial score (nSPS) is 12.0. The van der Waals surface area contributed by atoms with Gasteiger partial charge >= 0.3 is 7.60 Å². The van der Waals surface area contributed by atoms with Gasteiger partial charge in [-0.15, -0.1) is 11.6 Å². The summed E-state index contributed by atoms with van der Waals surface area (Å²) in [5.74, 6) is 0.833. The molecule has 34 heavy (non-hydrogen) atoms. The molecule has 3 nitrogen and oxygen atoms in total. The van der Waals surface area contributed by atoms with Crippen molar-refractivity contribution in [2.75, 3.05) is 12.0 Å². The lowest BCUT2D eigenvalue weighted by Crippen LogP contribution is -1.88.